The summed E-state index contributed by atoms with van der Waals surface area (Å²) in [5, 5.41) is 0. The Morgan fingerprint density at radius 3 is 2.65 bits per heavy atom. The van der Waals surface area contributed by atoms with Crippen LogP contribution < -0.4 is 9.47 Å². The van der Waals surface area contributed by atoms with Crippen molar-refractivity contribution in [2.24, 2.45) is 0 Å². The van der Waals surface area contributed by atoms with E-state index in [4.69, 9.17) is 9.47 Å². The van der Waals surface area contributed by atoms with Crippen LogP contribution in [0.3, 0.4) is 0 Å². The molecule has 5 nitrogen and oxygen atoms in total. The van der Waals surface area contributed by atoms with Crippen molar-refractivity contribution in [3.05, 3.63) is 23.8 Å². The monoisotopic (exact) mass is 318 g/mol. The van der Waals surface area contributed by atoms with E-state index in [1.807, 2.05) is 25.2 Å². The topological polar surface area (TPSA) is 42.0 Å². The van der Waals surface area contributed by atoms with Crippen LogP contribution in [-0.2, 0) is 11.3 Å². The zero-order valence-electron chi connectivity index (χ0n) is 14.2. The van der Waals surface area contributed by atoms with Gasteiger partial charge in [0.1, 0.15) is 0 Å². The number of amides is 1. The van der Waals surface area contributed by atoms with Gasteiger partial charge in [0.05, 0.1) is 6.04 Å². The number of hydrogen-bond donors (Lipinski definition) is 0. The molecule has 5 heteroatoms. The molecular formula is C18H26N2O3. The molecular weight excluding hydrogens is 292 g/mol. The van der Waals surface area contributed by atoms with E-state index >= 15 is 0 Å². The lowest BCUT2D eigenvalue weighted by Gasteiger charge is -2.31. The van der Waals surface area contributed by atoms with Gasteiger partial charge in [0.25, 0.3) is 0 Å². The van der Waals surface area contributed by atoms with Crippen molar-refractivity contribution in [2.75, 3.05) is 20.4 Å². The van der Waals surface area contributed by atoms with E-state index in [0.717, 1.165) is 42.9 Å². The predicted molar refractivity (Wildman–Crippen MR) is 88.5 cm³/mol. The molecule has 0 radical (unpaired) electrons. The van der Waals surface area contributed by atoms with E-state index in [1.54, 1.807) is 0 Å². The lowest BCUT2D eigenvalue weighted by atomic mass is 10.1. The van der Waals surface area contributed by atoms with Crippen molar-refractivity contribution in [3.63, 3.8) is 0 Å². The van der Waals surface area contributed by atoms with E-state index in [1.165, 1.54) is 0 Å². The molecule has 126 valence electrons. The second kappa shape index (κ2) is 6.79. The third kappa shape index (κ3) is 3.44. The SMILES string of the molecule is CCC(C(=O)N(Cc1ccc2c(c1)OCO2)C1CC1)N(C)CC. The third-order valence-electron chi connectivity index (χ3n) is 4.76. The maximum Gasteiger partial charge on any atom is 0.240 e. The molecule has 1 aromatic carbocycles. The van der Waals surface area contributed by atoms with Crippen molar-refractivity contribution in [1.29, 1.82) is 0 Å². The minimum atomic E-state index is -0.0328. The van der Waals surface area contributed by atoms with E-state index in [-0.39, 0.29) is 18.7 Å². The highest BCUT2D eigenvalue weighted by Crippen LogP contribution is 2.35. The molecule has 0 bridgehead atoms. The number of carbonyl (C=O) groups excluding carboxylic acids is 1. The van der Waals surface area contributed by atoms with Gasteiger partial charge in [-0.25, -0.2) is 0 Å². The minimum absolute atomic E-state index is 0.0328. The lowest BCUT2D eigenvalue weighted by molar-refractivity contribution is -0.137. The molecule has 0 N–H and O–H groups in total. The second-order valence-electron chi connectivity index (χ2n) is 6.38. The molecule has 1 unspecified atom stereocenters. The molecule has 0 aromatic heterocycles. The van der Waals surface area contributed by atoms with Crippen LogP contribution in [0.5, 0.6) is 11.5 Å². The molecule has 1 aromatic rings. The zero-order valence-corrected chi connectivity index (χ0v) is 14.2. The first kappa shape index (κ1) is 16.1. The number of likely N-dealkylation sites (N-methyl/N-ethyl adjacent to an activating group) is 1. The molecule has 0 spiro atoms. The second-order valence-corrected chi connectivity index (χ2v) is 6.38. The van der Waals surface area contributed by atoms with Gasteiger partial charge in [-0.1, -0.05) is 19.9 Å². The highest BCUT2D eigenvalue weighted by molar-refractivity contribution is 5.82. The molecule has 1 saturated carbocycles. The maximum absolute atomic E-state index is 13.0. The normalized spacial score (nSPS) is 17.4. The standard InChI is InChI=1S/C18H26N2O3/c1-4-15(19(3)5-2)18(21)20(14-7-8-14)11-13-6-9-16-17(10-13)23-12-22-16/h6,9-10,14-15H,4-5,7-8,11-12H2,1-3H3. The summed E-state index contributed by atoms with van der Waals surface area (Å²) in [5.41, 5.74) is 1.10. The summed E-state index contributed by atoms with van der Waals surface area (Å²) in [4.78, 5) is 17.2. The number of fused-ring (bicyclic) bond motifs is 1. The fraction of sp³-hybridized carbons (Fsp3) is 0.611. The Bertz CT molecular complexity index is 571. The summed E-state index contributed by atoms with van der Waals surface area (Å²) in [6.45, 7) is 5.99. The third-order valence-corrected chi connectivity index (χ3v) is 4.76. The van der Waals surface area contributed by atoms with Crippen LogP contribution in [0.25, 0.3) is 0 Å². The first-order valence-corrected chi connectivity index (χ1v) is 8.53. The molecule has 1 aliphatic carbocycles. The van der Waals surface area contributed by atoms with E-state index < -0.39 is 0 Å². The Hall–Kier alpha value is -1.75. The van der Waals surface area contributed by atoms with Crippen LogP contribution >= 0.6 is 0 Å². The molecule has 1 aliphatic heterocycles. The average Bonchev–Trinajstić information content (AvgIpc) is 3.29. The maximum atomic E-state index is 13.0. The van der Waals surface area contributed by atoms with Gasteiger partial charge in [0.2, 0.25) is 12.7 Å². The summed E-state index contributed by atoms with van der Waals surface area (Å²) >= 11 is 0. The predicted octanol–water partition coefficient (Wildman–Crippen LogP) is 2.64. The molecule has 1 atom stereocenters. The van der Waals surface area contributed by atoms with Gasteiger partial charge in [-0.3, -0.25) is 9.69 Å². The van der Waals surface area contributed by atoms with Gasteiger partial charge in [-0.15, -0.1) is 0 Å². The van der Waals surface area contributed by atoms with Crippen LogP contribution in [0.2, 0.25) is 0 Å². The molecule has 1 heterocycles. The summed E-state index contributed by atoms with van der Waals surface area (Å²) in [6, 6.07) is 6.32. The van der Waals surface area contributed by atoms with Gasteiger partial charge in [0.15, 0.2) is 11.5 Å². The molecule has 23 heavy (non-hydrogen) atoms. The van der Waals surface area contributed by atoms with Gasteiger partial charge in [-0.05, 0) is 50.6 Å². The van der Waals surface area contributed by atoms with Crippen molar-refractivity contribution in [1.82, 2.24) is 9.80 Å². The van der Waals surface area contributed by atoms with Crippen LogP contribution in [-0.4, -0.2) is 48.2 Å². The number of ether oxygens (including phenoxy) is 2. The van der Waals surface area contributed by atoms with E-state index in [2.05, 4.69) is 23.6 Å². The Morgan fingerprint density at radius 2 is 2.00 bits per heavy atom. The number of carbonyl (C=O) groups is 1. The molecule has 0 saturated heterocycles. The highest BCUT2D eigenvalue weighted by atomic mass is 16.7. The Balaban J connectivity index is 1.75. The Morgan fingerprint density at radius 1 is 1.26 bits per heavy atom. The number of rotatable bonds is 7. The van der Waals surface area contributed by atoms with Gasteiger partial charge in [0, 0.05) is 12.6 Å². The van der Waals surface area contributed by atoms with Crippen molar-refractivity contribution < 1.29 is 14.3 Å². The van der Waals surface area contributed by atoms with Crippen LogP contribution in [0, 0.1) is 0 Å². The van der Waals surface area contributed by atoms with Crippen molar-refractivity contribution in [3.8, 4) is 11.5 Å². The average molecular weight is 318 g/mol. The highest BCUT2D eigenvalue weighted by Gasteiger charge is 2.36. The Kier molecular flexibility index (Phi) is 4.76. The first-order valence-electron chi connectivity index (χ1n) is 8.53. The van der Waals surface area contributed by atoms with Crippen LogP contribution in [0.1, 0.15) is 38.7 Å². The smallest absolute Gasteiger partial charge is 0.240 e. The summed E-state index contributed by atoms with van der Waals surface area (Å²) in [7, 11) is 2.03. The summed E-state index contributed by atoms with van der Waals surface area (Å²) < 4.78 is 10.8. The minimum Gasteiger partial charge on any atom is -0.454 e. The largest absolute Gasteiger partial charge is 0.454 e. The molecule has 2 aliphatic rings. The van der Waals surface area contributed by atoms with Crippen LogP contribution in [0.4, 0.5) is 0 Å². The number of benzene rings is 1. The molecule has 3 rings (SSSR count). The Labute approximate surface area is 138 Å². The summed E-state index contributed by atoms with van der Waals surface area (Å²) in [5.74, 6) is 1.82. The van der Waals surface area contributed by atoms with Crippen LogP contribution in [0.15, 0.2) is 18.2 Å². The quantitative estimate of drug-likeness (QED) is 0.775. The van der Waals surface area contributed by atoms with Gasteiger partial charge < -0.3 is 14.4 Å². The first-order chi connectivity index (χ1) is 11.1. The van der Waals surface area contributed by atoms with Gasteiger partial charge in [-0.2, -0.15) is 0 Å². The van der Waals surface area contributed by atoms with Crippen molar-refractivity contribution in [2.45, 2.75) is 51.7 Å². The van der Waals surface area contributed by atoms with E-state index in [0.29, 0.717) is 12.6 Å². The fourth-order valence-corrected chi connectivity index (χ4v) is 3.10. The van der Waals surface area contributed by atoms with E-state index in [9.17, 15) is 4.79 Å². The number of nitrogens with zero attached hydrogens (tertiary/aromatic N) is 2. The molecule has 1 fully saturated rings. The molecule has 1 amide bonds. The van der Waals surface area contributed by atoms with Gasteiger partial charge >= 0.3 is 0 Å². The lowest BCUT2D eigenvalue weighted by Crippen LogP contribution is -2.47. The zero-order chi connectivity index (χ0) is 16.4. The number of hydrogen-bond acceptors (Lipinski definition) is 4. The fourth-order valence-electron chi connectivity index (χ4n) is 3.10. The van der Waals surface area contributed by atoms with Crippen molar-refractivity contribution >= 4 is 5.91 Å². The summed E-state index contributed by atoms with van der Waals surface area (Å²) in [6.07, 6.45) is 3.07.